The normalized spacial score (nSPS) is 11.2. The maximum absolute atomic E-state index is 12.5. The number of hydrogen-bond donors (Lipinski definition) is 2. The Morgan fingerprint density at radius 1 is 0.966 bits per heavy atom. The SMILES string of the molecule is CCC(Oc1cccc(C)c1)C(=O)NNC(=O)c1cc(OC)c(OC)c(OC)c1. The molecule has 0 heterocycles. The monoisotopic (exact) mass is 402 g/mol. The number of hydrogen-bond acceptors (Lipinski definition) is 6. The third kappa shape index (κ3) is 5.54. The molecule has 1 unspecified atom stereocenters. The van der Waals surface area contributed by atoms with Gasteiger partial charge in [0.1, 0.15) is 5.75 Å². The number of amides is 2. The van der Waals surface area contributed by atoms with Crippen molar-refractivity contribution in [1.29, 1.82) is 0 Å². The van der Waals surface area contributed by atoms with Gasteiger partial charge < -0.3 is 18.9 Å². The topological polar surface area (TPSA) is 95.1 Å². The highest BCUT2D eigenvalue weighted by Gasteiger charge is 2.21. The van der Waals surface area contributed by atoms with Crippen LogP contribution in [0.25, 0.3) is 0 Å². The molecule has 0 aromatic heterocycles. The fourth-order valence-corrected chi connectivity index (χ4v) is 2.66. The van der Waals surface area contributed by atoms with Crippen molar-refractivity contribution in [3.8, 4) is 23.0 Å². The Kier molecular flexibility index (Phi) is 7.70. The maximum atomic E-state index is 12.5. The van der Waals surface area contributed by atoms with Crippen LogP contribution in [0.4, 0.5) is 0 Å². The number of carbonyl (C=O) groups is 2. The van der Waals surface area contributed by atoms with Gasteiger partial charge in [0, 0.05) is 5.56 Å². The van der Waals surface area contributed by atoms with Crippen LogP contribution in [0.2, 0.25) is 0 Å². The van der Waals surface area contributed by atoms with Crippen LogP contribution in [0, 0.1) is 6.92 Å². The molecule has 0 aliphatic carbocycles. The molecule has 29 heavy (non-hydrogen) atoms. The minimum absolute atomic E-state index is 0.229. The highest BCUT2D eigenvalue weighted by Crippen LogP contribution is 2.38. The molecule has 2 N–H and O–H groups in total. The lowest BCUT2D eigenvalue weighted by atomic mass is 10.1. The van der Waals surface area contributed by atoms with Gasteiger partial charge in [-0.1, -0.05) is 19.1 Å². The first-order chi connectivity index (χ1) is 13.9. The van der Waals surface area contributed by atoms with E-state index in [1.165, 1.54) is 33.5 Å². The minimum atomic E-state index is -0.753. The molecule has 0 saturated carbocycles. The molecule has 0 bridgehead atoms. The number of nitrogens with one attached hydrogen (secondary N) is 2. The summed E-state index contributed by atoms with van der Waals surface area (Å²) in [5, 5.41) is 0. The van der Waals surface area contributed by atoms with E-state index in [4.69, 9.17) is 18.9 Å². The third-order valence-corrected chi connectivity index (χ3v) is 4.16. The summed E-state index contributed by atoms with van der Waals surface area (Å²) in [5.41, 5.74) is 6.03. The number of ether oxygens (including phenoxy) is 4. The lowest BCUT2D eigenvalue weighted by Crippen LogP contribution is -2.48. The molecule has 156 valence electrons. The van der Waals surface area contributed by atoms with Crippen molar-refractivity contribution in [2.24, 2.45) is 0 Å². The van der Waals surface area contributed by atoms with E-state index in [2.05, 4.69) is 10.9 Å². The first kappa shape index (κ1) is 21.9. The van der Waals surface area contributed by atoms with Crippen LogP contribution >= 0.6 is 0 Å². The van der Waals surface area contributed by atoms with Gasteiger partial charge in [0.25, 0.3) is 11.8 Å². The molecule has 1 atom stereocenters. The molecule has 2 aromatic carbocycles. The average Bonchev–Trinajstić information content (AvgIpc) is 2.74. The zero-order chi connectivity index (χ0) is 21.4. The van der Waals surface area contributed by atoms with Gasteiger partial charge in [0.2, 0.25) is 5.75 Å². The van der Waals surface area contributed by atoms with Crippen LogP contribution in [0.5, 0.6) is 23.0 Å². The fourth-order valence-electron chi connectivity index (χ4n) is 2.66. The molecule has 0 aliphatic heterocycles. The molecule has 8 heteroatoms. The van der Waals surface area contributed by atoms with Crippen LogP contribution in [0.15, 0.2) is 36.4 Å². The molecule has 0 spiro atoms. The van der Waals surface area contributed by atoms with Crippen molar-refractivity contribution in [3.63, 3.8) is 0 Å². The van der Waals surface area contributed by atoms with Crippen LogP contribution in [0.3, 0.4) is 0 Å². The molecule has 2 amide bonds. The Labute approximate surface area is 170 Å². The summed E-state index contributed by atoms with van der Waals surface area (Å²) in [6.07, 6.45) is -0.322. The van der Waals surface area contributed by atoms with E-state index in [1.807, 2.05) is 32.0 Å². The number of hydrazine groups is 1. The Morgan fingerprint density at radius 2 is 1.62 bits per heavy atom. The van der Waals surface area contributed by atoms with E-state index in [9.17, 15) is 9.59 Å². The number of methoxy groups -OCH3 is 3. The highest BCUT2D eigenvalue weighted by molar-refractivity contribution is 5.97. The molecule has 0 saturated heterocycles. The van der Waals surface area contributed by atoms with Gasteiger partial charge >= 0.3 is 0 Å². The summed E-state index contributed by atoms with van der Waals surface area (Å²) < 4.78 is 21.4. The Bertz CT molecular complexity index is 843. The van der Waals surface area contributed by atoms with E-state index in [-0.39, 0.29) is 5.56 Å². The average molecular weight is 402 g/mol. The highest BCUT2D eigenvalue weighted by atomic mass is 16.5. The first-order valence-corrected chi connectivity index (χ1v) is 9.07. The molecule has 2 aromatic rings. The van der Waals surface area contributed by atoms with Gasteiger partial charge in [-0.3, -0.25) is 20.4 Å². The van der Waals surface area contributed by atoms with E-state index >= 15 is 0 Å². The Hall–Kier alpha value is -3.42. The molecule has 8 nitrogen and oxygen atoms in total. The van der Waals surface area contributed by atoms with E-state index in [1.54, 1.807) is 6.07 Å². The van der Waals surface area contributed by atoms with E-state index < -0.39 is 17.9 Å². The van der Waals surface area contributed by atoms with Crippen molar-refractivity contribution in [2.75, 3.05) is 21.3 Å². The van der Waals surface area contributed by atoms with Crippen molar-refractivity contribution in [3.05, 3.63) is 47.5 Å². The minimum Gasteiger partial charge on any atom is -0.493 e. The smallest absolute Gasteiger partial charge is 0.279 e. The van der Waals surface area contributed by atoms with Gasteiger partial charge in [0.15, 0.2) is 17.6 Å². The number of aryl methyl sites for hydroxylation is 1. The predicted octanol–water partition coefficient (Wildman–Crippen LogP) is 2.64. The molecule has 0 fully saturated rings. The summed E-state index contributed by atoms with van der Waals surface area (Å²) in [6.45, 7) is 3.76. The zero-order valence-corrected chi connectivity index (χ0v) is 17.2. The van der Waals surface area contributed by atoms with Crippen LogP contribution in [-0.4, -0.2) is 39.2 Å². The lowest BCUT2D eigenvalue weighted by Gasteiger charge is -2.18. The molecule has 2 rings (SSSR count). The predicted molar refractivity (Wildman–Crippen MR) is 108 cm³/mol. The van der Waals surface area contributed by atoms with Gasteiger partial charge in [0.05, 0.1) is 21.3 Å². The van der Waals surface area contributed by atoms with Gasteiger partial charge in [-0.15, -0.1) is 0 Å². The van der Waals surface area contributed by atoms with Gasteiger partial charge in [-0.05, 0) is 43.2 Å². The molecule has 0 radical (unpaired) electrons. The zero-order valence-electron chi connectivity index (χ0n) is 17.2. The number of carbonyl (C=O) groups excluding carboxylic acids is 2. The van der Waals surface area contributed by atoms with Crippen molar-refractivity contribution in [1.82, 2.24) is 10.9 Å². The van der Waals surface area contributed by atoms with E-state index in [0.29, 0.717) is 29.4 Å². The van der Waals surface area contributed by atoms with Gasteiger partial charge in [-0.2, -0.15) is 0 Å². The second-order valence-corrected chi connectivity index (χ2v) is 6.19. The second-order valence-electron chi connectivity index (χ2n) is 6.19. The first-order valence-electron chi connectivity index (χ1n) is 9.07. The van der Waals surface area contributed by atoms with Gasteiger partial charge in [-0.25, -0.2) is 0 Å². The third-order valence-electron chi connectivity index (χ3n) is 4.16. The molecular weight excluding hydrogens is 376 g/mol. The van der Waals surface area contributed by atoms with E-state index in [0.717, 1.165) is 5.56 Å². The lowest BCUT2D eigenvalue weighted by molar-refractivity contribution is -0.128. The largest absolute Gasteiger partial charge is 0.493 e. The van der Waals surface area contributed by atoms with Crippen molar-refractivity contribution in [2.45, 2.75) is 26.4 Å². The van der Waals surface area contributed by atoms with Crippen molar-refractivity contribution >= 4 is 11.8 Å². The molecule has 0 aliphatic rings. The fraction of sp³-hybridized carbons (Fsp3) is 0.333. The number of benzene rings is 2. The Balaban J connectivity index is 2.06. The maximum Gasteiger partial charge on any atom is 0.279 e. The van der Waals surface area contributed by atoms with Crippen LogP contribution in [0.1, 0.15) is 29.3 Å². The summed E-state index contributed by atoms with van der Waals surface area (Å²) in [6, 6.07) is 10.4. The second kappa shape index (κ2) is 10.2. The van der Waals surface area contributed by atoms with Crippen molar-refractivity contribution < 1.29 is 28.5 Å². The van der Waals surface area contributed by atoms with Crippen LogP contribution < -0.4 is 29.8 Å². The quantitative estimate of drug-likeness (QED) is 0.659. The van der Waals surface area contributed by atoms with Crippen LogP contribution in [-0.2, 0) is 4.79 Å². The Morgan fingerprint density at radius 3 is 2.14 bits per heavy atom. The number of rotatable bonds is 8. The summed E-state index contributed by atoms with van der Waals surface area (Å²) in [7, 11) is 4.38. The standard InChI is InChI=1S/C21H26N2O6/c1-6-16(29-15-9-7-8-13(2)10-15)21(25)23-22-20(24)14-11-17(26-3)19(28-5)18(12-14)27-4/h7-12,16H,6H2,1-5H3,(H,22,24)(H,23,25). The summed E-state index contributed by atoms with van der Waals surface area (Å²) in [5.74, 6) is 0.615. The summed E-state index contributed by atoms with van der Waals surface area (Å²) in [4.78, 5) is 24.9. The molecular formula is C21H26N2O6. The summed E-state index contributed by atoms with van der Waals surface area (Å²) >= 11 is 0.